The minimum Gasteiger partial charge on any atom is -0.374 e. The van der Waals surface area contributed by atoms with Gasteiger partial charge in [0, 0.05) is 17.8 Å². The van der Waals surface area contributed by atoms with Crippen molar-refractivity contribution in [3.63, 3.8) is 0 Å². The third kappa shape index (κ3) is 2.36. The van der Waals surface area contributed by atoms with Gasteiger partial charge in [-0.25, -0.2) is 0 Å². The molecule has 0 fully saturated rings. The van der Waals surface area contributed by atoms with Crippen LogP contribution < -0.4 is 4.90 Å². The van der Waals surface area contributed by atoms with E-state index in [-0.39, 0.29) is 0 Å². The maximum Gasteiger partial charge on any atom is 0.123 e. The number of anilines is 1. The van der Waals surface area contributed by atoms with E-state index in [2.05, 4.69) is 0 Å². The van der Waals surface area contributed by atoms with Gasteiger partial charge < -0.3 is 10.0 Å². The quantitative estimate of drug-likeness (QED) is 0.740. The van der Waals surface area contributed by atoms with Gasteiger partial charge in [0.05, 0.1) is 0 Å². The van der Waals surface area contributed by atoms with Crippen LogP contribution in [0.3, 0.4) is 0 Å². The highest BCUT2D eigenvalue weighted by atomic mass is 35.5. The molecule has 1 rings (SSSR count). The molecule has 0 spiro atoms. The zero-order chi connectivity index (χ0) is 10.0. The minimum atomic E-state index is -0.501. The molecule has 0 amide bonds. The second kappa shape index (κ2) is 3.99. The van der Waals surface area contributed by atoms with Crippen LogP contribution >= 0.6 is 11.6 Å². The molecule has 0 aliphatic heterocycles. The smallest absolute Gasteiger partial charge is 0.123 e. The van der Waals surface area contributed by atoms with Crippen LogP contribution in [-0.4, -0.2) is 18.4 Å². The Balaban J connectivity index is 2.97. The molecule has 1 aromatic rings. The Hall–Kier alpha value is -0.730. The monoisotopic (exact) mass is 199 g/mol. The second-order valence-electron chi connectivity index (χ2n) is 3.18. The Bertz CT molecular complexity index is 299. The lowest BCUT2D eigenvalue weighted by atomic mass is 10.2. The number of nitrogens with zero attached hydrogens (tertiary/aromatic N) is 1. The average Bonchev–Trinajstić information content (AvgIpc) is 2.08. The standard InChI is InChI=1S/C10H14ClNO/c1-7-4-5-9(6-10(7)11)12(3)8(2)13/h4-6,8,13H,1-3H3. The molecule has 0 aliphatic rings. The summed E-state index contributed by atoms with van der Waals surface area (Å²) in [7, 11) is 1.83. The average molecular weight is 200 g/mol. The lowest BCUT2D eigenvalue weighted by molar-refractivity contribution is 0.195. The van der Waals surface area contributed by atoms with Crippen LogP contribution in [0.2, 0.25) is 5.02 Å². The first-order chi connectivity index (χ1) is 6.02. The fraction of sp³-hybridized carbons (Fsp3) is 0.400. The van der Waals surface area contributed by atoms with Crippen LogP contribution in [0, 0.1) is 6.92 Å². The summed E-state index contributed by atoms with van der Waals surface area (Å²) in [6.07, 6.45) is -0.501. The van der Waals surface area contributed by atoms with Gasteiger partial charge in [-0.1, -0.05) is 17.7 Å². The van der Waals surface area contributed by atoms with Crippen molar-refractivity contribution in [2.24, 2.45) is 0 Å². The van der Waals surface area contributed by atoms with Crippen LogP contribution in [0.25, 0.3) is 0 Å². The first kappa shape index (κ1) is 10.4. The highest BCUT2D eigenvalue weighted by molar-refractivity contribution is 6.31. The molecule has 0 radical (unpaired) electrons. The summed E-state index contributed by atoms with van der Waals surface area (Å²) in [5.74, 6) is 0. The second-order valence-corrected chi connectivity index (χ2v) is 3.58. The Labute approximate surface area is 83.7 Å². The van der Waals surface area contributed by atoms with Gasteiger partial charge in [0.15, 0.2) is 0 Å². The highest BCUT2D eigenvalue weighted by Gasteiger charge is 2.06. The maximum absolute atomic E-state index is 9.32. The van der Waals surface area contributed by atoms with Gasteiger partial charge in [0.2, 0.25) is 0 Å². The van der Waals surface area contributed by atoms with Gasteiger partial charge in [0.1, 0.15) is 6.23 Å². The summed E-state index contributed by atoms with van der Waals surface area (Å²) < 4.78 is 0. The Morgan fingerprint density at radius 3 is 2.54 bits per heavy atom. The molecule has 1 atom stereocenters. The molecule has 1 N–H and O–H groups in total. The summed E-state index contributed by atoms with van der Waals surface area (Å²) in [6, 6.07) is 5.73. The van der Waals surface area contributed by atoms with Crippen LogP contribution in [0.15, 0.2) is 18.2 Å². The van der Waals surface area contributed by atoms with Crippen LogP contribution in [0.1, 0.15) is 12.5 Å². The van der Waals surface area contributed by atoms with Gasteiger partial charge in [-0.15, -0.1) is 0 Å². The van der Waals surface area contributed by atoms with Gasteiger partial charge in [-0.05, 0) is 31.5 Å². The van der Waals surface area contributed by atoms with Gasteiger partial charge in [-0.2, -0.15) is 0 Å². The molecule has 72 valence electrons. The lowest BCUT2D eigenvalue weighted by Gasteiger charge is -2.22. The van der Waals surface area contributed by atoms with Crippen molar-refractivity contribution in [3.8, 4) is 0 Å². The normalized spacial score (nSPS) is 12.7. The Kier molecular flexibility index (Phi) is 3.17. The van der Waals surface area contributed by atoms with E-state index in [1.807, 2.05) is 32.2 Å². The molecule has 0 saturated heterocycles. The summed E-state index contributed by atoms with van der Waals surface area (Å²) >= 11 is 5.95. The number of aryl methyl sites for hydroxylation is 1. The van der Waals surface area contributed by atoms with E-state index in [1.54, 1.807) is 11.8 Å². The zero-order valence-corrected chi connectivity index (χ0v) is 8.84. The number of hydrogen-bond acceptors (Lipinski definition) is 2. The van der Waals surface area contributed by atoms with E-state index >= 15 is 0 Å². The molecule has 3 heteroatoms. The molecule has 0 heterocycles. The van der Waals surface area contributed by atoms with E-state index < -0.39 is 6.23 Å². The van der Waals surface area contributed by atoms with Crippen molar-refractivity contribution in [2.75, 3.05) is 11.9 Å². The van der Waals surface area contributed by atoms with Crippen LogP contribution in [0.4, 0.5) is 5.69 Å². The van der Waals surface area contributed by atoms with Crippen LogP contribution in [-0.2, 0) is 0 Å². The molecule has 0 aromatic heterocycles. The van der Waals surface area contributed by atoms with E-state index in [1.165, 1.54) is 0 Å². The Morgan fingerprint density at radius 1 is 1.46 bits per heavy atom. The van der Waals surface area contributed by atoms with Crippen molar-refractivity contribution in [1.29, 1.82) is 0 Å². The predicted octanol–water partition coefficient (Wildman–Crippen LogP) is 2.42. The van der Waals surface area contributed by atoms with Crippen LogP contribution in [0.5, 0.6) is 0 Å². The fourth-order valence-corrected chi connectivity index (χ4v) is 1.19. The molecule has 1 aromatic carbocycles. The third-order valence-corrected chi connectivity index (χ3v) is 2.53. The molecular weight excluding hydrogens is 186 g/mol. The summed E-state index contributed by atoms with van der Waals surface area (Å²) in [5, 5.41) is 10.0. The van der Waals surface area contributed by atoms with Gasteiger partial charge in [-0.3, -0.25) is 0 Å². The van der Waals surface area contributed by atoms with Crippen molar-refractivity contribution >= 4 is 17.3 Å². The summed E-state index contributed by atoms with van der Waals surface area (Å²) in [4.78, 5) is 1.76. The number of rotatable bonds is 2. The first-order valence-electron chi connectivity index (χ1n) is 4.19. The molecular formula is C10H14ClNO. The predicted molar refractivity (Wildman–Crippen MR) is 56.3 cm³/mol. The Morgan fingerprint density at radius 2 is 2.08 bits per heavy atom. The number of halogens is 1. The highest BCUT2D eigenvalue weighted by Crippen LogP contribution is 2.22. The molecule has 2 nitrogen and oxygen atoms in total. The first-order valence-corrected chi connectivity index (χ1v) is 4.57. The van der Waals surface area contributed by atoms with E-state index in [0.717, 1.165) is 16.3 Å². The van der Waals surface area contributed by atoms with Crippen molar-refractivity contribution in [3.05, 3.63) is 28.8 Å². The van der Waals surface area contributed by atoms with Crippen molar-refractivity contribution in [1.82, 2.24) is 0 Å². The summed E-state index contributed by atoms with van der Waals surface area (Å²) in [6.45, 7) is 3.67. The minimum absolute atomic E-state index is 0.501. The maximum atomic E-state index is 9.32. The molecule has 0 aliphatic carbocycles. The lowest BCUT2D eigenvalue weighted by Crippen LogP contribution is -2.27. The largest absolute Gasteiger partial charge is 0.374 e. The molecule has 0 saturated carbocycles. The number of aliphatic hydroxyl groups excluding tert-OH is 1. The van der Waals surface area contributed by atoms with E-state index in [0.29, 0.717) is 0 Å². The van der Waals surface area contributed by atoms with Crippen molar-refractivity contribution in [2.45, 2.75) is 20.1 Å². The molecule has 13 heavy (non-hydrogen) atoms. The fourth-order valence-electron chi connectivity index (χ4n) is 1.02. The topological polar surface area (TPSA) is 23.5 Å². The van der Waals surface area contributed by atoms with Gasteiger partial charge >= 0.3 is 0 Å². The number of hydrogen-bond donors (Lipinski definition) is 1. The zero-order valence-electron chi connectivity index (χ0n) is 8.08. The SMILES string of the molecule is Cc1ccc(N(C)C(C)O)cc1Cl. The molecule has 1 unspecified atom stereocenters. The molecule has 0 bridgehead atoms. The third-order valence-electron chi connectivity index (χ3n) is 2.12. The van der Waals surface area contributed by atoms with Crippen molar-refractivity contribution < 1.29 is 5.11 Å². The van der Waals surface area contributed by atoms with E-state index in [9.17, 15) is 5.11 Å². The van der Waals surface area contributed by atoms with Gasteiger partial charge in [0.25, 0.3) is 0 Å². The summed E-state index contributed by atoms with van der Waals surface area (Å²) in [5.41, 5.74) is 1.97. The van der Waals surface area contributed by atoms with E-state index in [4.69, 9.17) is 11.6 Å². The number of aliphatic hydroxyl groups is 1. The number of benzene rings is 1.